The third kappa shape index (κ3) is 4.50. The minimum absolute atomic E-state index is 0.0836. The molecule has 0 atom stereocenters. The number of nitrogens with zero attached hydrogens (tertiary/aromatic N) is 1. The minimum atomic E-state index is -4.61. The Hall–Kier alpha value is -1.91. The lowest BCUT2D eigenvalue weighted by Gasteiger charge is -2.30. The number of benzene rings is 1. The molecule has 1 aliphatic heterocycles. The van der Waals surface area contributed by atoms with Gasteiger partial charge in [-0.25, -0.2) is 8.42 Å². The average molecular weight is 418 g/mol. The predicted molar refractivity (Wildman–Crippen MR) is 95.9 cm³/mol. The van der Waals surface area contributed by atoms with Gasteiger partial charge in [0.1, 0.15) is 0 Å². The number of carbonyl (C=O) groups is 1. The van der Waals surface area contributed by atoms with Gasteiger partial charge in [-0.2, -0.15) is 28.8 Å². The number of rotatable bonds is 4. The van der Waals surface area contributed by atoms with Crippen molar-refractivity contribution in [3.8, 4) is 0 Å². The highest BCUT2D eigenvalue weighted by atomic mass is 32.2. The van der Waals surface area contributed by atoms with Crippen LogP contribution in [0.2, 0.25) is 0 Å². The van der Waals surface area contributed by atoms with Crippen LogP contribution in [-0.2, 0) is 21.0 Å². The highest BCUT2D eigenvalue weighted by Crippen LogP contribution is 2.32. The molecule has 146 valence electrons. The van der Waals surface area contributed by atoms with Crippen molar-refractivity contribution in [1.29, 1.82) is 0 Å². The summed E-state index contributed by atoms with van der Waals surface area (Å²) in [4.78, 5) is 11.9. The van der Waals surface area contributed by atoms with Crippen molar-refractivity contribution in [2.75, 3.05) is 18.4 Å². The van der Waals surface area contributed by atoms with E-state index in [1.807, 2.05) is 5.38 Å². The fraction of sp³-hybridized carbons (Fsp3) is 0.353. The molecule has 1 aromatic heterocycles. The summed E-state index contributed by atoms with van der Waals surface area (Å²) >= 11 is 1.45. The van der Waals surface area contributed by atoms with E-state index < -0.39 is 26.7 Å². The molecule has 27 heavy (non-hydrogen) atoms. The van der Waals surface area contributed by atoms with Crippen LogP contribution in [0.25, 0.3) is 0 Å². The van der Waals surface area contributed by atoms with Crippen LogP contribution in [0, 0.1) is 5.92 Å². The number of thiophene rings is 1. The largest absolute Gasteiger partial charge is 0.416 e. The zero-order chi connectivity index (χ0) is 19.7. The van der Waals surface area contributed by atoms with E-state index in [1.54, 1.807) is 11.4 Å². The molecule has 0 saturated carbocycles. The molecular formula is C17H17F3N2O3S2. The highest BCUT2D eigenvalue weighted by molar-refractivity contribution is 7.89. The molecule has 5 nitrogen and oxygen atoms in total. The standard InChI is InChI=1S/C17H17F3N2O3S2/c18-17(19,20)13-2-1-3-15(10-13)27(24,25)22-7-4-12(5-8-22)16(23)21-14-6-9-26-11-14/h1-3,6,9-12H,4-5,7-8H2,(H,21,23). The monoisotopic (exact) mass is 418 g/mol. The maximum absolute atomic E-state index is 12.8. The Bertz CT molecular complexity index is 904. The molecule has 1 fully saturated rings. The summed E-state index contributed by atoms with van der Waals surface area (Å²) in [7, 11) is -4.04. The second-order valence-corrected chi connectivity index (χ2v) is 8.92. The maximum Gasteiger partial charge on any atom is 0.416 e. The van der Waals surface area contributed by atoms with E-state index in [-0.39, 0.29) is 24.9 Å². The quantitative estimate of drug-likeness (QED) is 0.821. The van der Waals surface area contributed by atoms with Gasteiger partial charge in [0, 0.05) is 24.4 Å². The number of anilines is 1. The van der Waals surface area contributed by atoms with Crippen molar-refractivity contribution in [3.63, 3.8) is 0 Å². The van der Waals surface area contributed by atoms with Gasteiger partial charge in [-0.05, 0) is 42.5 Å². The van der Waals surface area contributed by atoms with E-state index in [4.69, 9.17) is 0 Å². The van der Waals surface area contributed by atoms with Crippen LogP contribution in [0.4, 0.5) is 18.9 Å². The molecule has 0 spiro atoms. The maximum atomic E-state index is 12.8. The molecule has 2 aromatic rings. The Balaban J connectivity index is 1.67. The number of sulfonamides is 1. The number of carbonyl (C=O) groups excluding carboxylic acids is 1. The molecule has 0 radical (unpaired) electrons. The summed E-state index contributed by atoms with van der Waals surface area (Å²) in [5, 5.41) is 6.41. The lowest BCUT2D eigenvalue weighted by molar-refractivity contribution is -0.137. The van der Waals surface area contributed by atoms with Crippen molar-refractivity contribution >= 4 is 33.0 Å². The number of alkyl halides is 3. The molecule has 0 bridgehead atoms. The van der Waals surface area contributed by atoms with Gasteiger partial charge in [-0.15, -0.1) is 0 Å². The molecule has 0 aliphatic carbocycles. The van der Waals surface area contributed by atoms with Crippen LogP contribution in [-0.4, -0.2) is 31.7 Å². The highest BCUT2D eigenvalue weighted by Gasteiger charge is 2.35. The number of hydrogen-bond donors (Lipinski definition) is 1. The van der Waals surface area contributed by atoms with Gasteiger partial charge in [-0.3, -0.25) is 4.79 Å². The summed E-state index contributed by atoms with van der Waals surface area (Å²) in [5.74, 6) is -0.512. The van der Waals surface area contributed by atoms with Gasteiger partial charge < -0.3 is 5.32 Å². The third-order valence-electron chi connectivity index (χ3n) is 4.41. The van der Waals surface area contributed by atoms with E-state index in [2.05, 4.69) is 5.32 Å². The number of amides is 1. The van der Waals surface area contributed by atoms with Crippen LogP contribution >= 0.6 is 11.3 Å². The normalized spacial score (nSPS) is 17.0. The summed E-state index contributed by atoms with van der Waals surface area (Å²) in [5.41, 5.74) is -0.308. The lowest BCUT2D eigenvalue weighted by Crippen LogP contribution is -2.41. The van der Waals surface area contributed by atoms with Crippen molar-refractivity contribution in [1.82, 2.24) is 4.31 Å². The molecule has 10 heteroatoms. The van der Waals surface area contributed by atoms with Gasteiger partial charge in [-0.1, -0.05) is 6.07 Å². The first kappa shape index (κ1) is 19.8. The van der Waals surface area contributed by atoms with E-state index in [9.17, 15) is 26.4 Å². The van der Waals surface area contributed by atoms with Gasteiger partial charge in [0.05, 0.1) is 16.1 Å². The Labute approximate surface area is 158 Å². The van der Waals surface area contributed by atoms with Crippen molar-refractivity contribution in [2.24, 2.45) is 5.92 Å². The topological polar surface area (TPSA) is 66.5 Å². The Morgan fingerprint density at radius 2 is 1.89 bits per heavy atom. The Morgan fingerprint density at radius 1 is 1.19 bits per heavy atom. The molecular weight excluding hydrogens is 401 g/mol. The molecule has 1 N–H and O–H groups in total. The molecule has 2 heterocycles. The van der Waals surface area contributed by atoms with E-state index in [0.29, 0.717) is 24.6 Å². The first-order valence-electron chi connectivity index (χ1n) is 8.18. The number of hydrogen-bond acceptors (Lipinski definition) is 4. The van der Waals surface area contributed by atoms with Crippen molar-refractivity contribution in [3.05, 3.63) is 46.7 Å². The second kappa shape index (κ2) is 7.61. The lowest BCUT2D eigenvalue weighted by atomic mass is 9.97. The van der Waals surface area contributed by atoms with Gasteiger partial charge in [0.25, 0.3) is 0 Å². The predicted octanol–water partition coefficient (Wildman–Crippen LogP) is 3.81. The zero-order valence-corrected chi connectivity index (χ0v) is 15.7. The van der Waals surface area contributed by atoms with Crippen LogP contribution in [0.3, 0.4) is 0 Å². The third-order valence-corrected chi connectivity index (χ3v) is 6.99. The first-order chi connectivity index (χ1) is 12.7. The Kier molecular flexibility index (Phi) is 5.59. The fourth-order valence-corrected chi connectivity index (χ4v) is 5.02. The van der Waals surface area contributed by atoms with Crippen LogP contribution in [0.1, 0.15) is 18.4 Å². The van der Waals surface area contributed by atoms with Crippen LogP contribution in [0.5, 0.6) is 0 Å². The summed E-state index contributed by atoms with van der Waals surface area (Å²) < 4.78 is 65.0. The van der Waals surface area contributed by atoms with Crippen LogP contribution < -0.4 is 5.32 Å². The molecule has 0 unspecified atom stereocenters. The van der Waals surface area contributed by atoms with Gasteiger partial charge in [0.2, 0.25) is 15.9 Å². The van der Waals surface area contributed by atoms with E-state index in [1.165, 1.54) is 11.3 Å². The van der Waals surface area contributed by atoms with E-state index >= 15 is 0 Å². The first-order valence-corrected chi connectivity index (χ1v) is 10.6. The van der Waals surface area contributed by atoms with E-state index in [0.717, 1.165) is 22.5 Å². The summed E-state index contributed by atoms with van der Waals surface area (Å²) in [6.07, 6.45) is -3.99. The summed E-state index contributed by atoms with van der Waals surface area (Å²) in [6.45, 7) is 0.167. The van der Waals surface area contributed by atoms with Crippen molar-refractivity contribution in [2.45, 2.75) is 23.9 Å². The zero-order valence-electron chi connectivity index (χ0n) is 14.1. The molecule has 1 saturated heterocycles. The van der Waals surface area contributed by atoms with Gasteiger partial charge in [0.15, 0.2) is 0 Å². The Morgan fingerprint density at radius 3 is 2.48 bits per heavy atom. The van der Waals surface area contributed by atoms with Gasteiger partial charge >= 0.3 is 6.18 Å². The molecule has 1 amide bonds. The molecule has 3 rings (SSSR count). The minimum Gasteiger partial charge on any atom is -0.325 e. The number of nitrogens with one attached hydrogen (secondary N) is 1. The molecule has 1 aromatic carbocycles. The second-order valence-electron chi connectivity index (χ2n) is 6.21. The fourth-order valence-electron chi connectivity index (χ4n) is 2.92. The summed E-state index contributed by atoms with van der Waals surface area (Å²) in [6, 6.07) is 5.48. The average Bonchev–Trinajstić information content (AvgIpc) is 3.14. The van der Waals surface area contributed by atoms with Crippen molar-refractivity contribution < 1.29 is 26.4 Å². The SMILES string of the molecule is O=C(Nc1ccsc1)C1CCN(S(=O)(=O)c2cccc(C(F)(F)F)c2)CC1. The number of halogens is 3. The smallest absolute Gasteiger partial charge is 0.325 e. The number of piperidine rings is 1. The van der Waals surface area contributed by atoms with Crippen LogP contribution in [0.15, 0.2) is 46.0 Å². The molecule has 1 aliphatic rings.